The summed E-state index contributed by atoms with van der Waals surface area (Å²) >= 11 is 0. The van der Waals surface area contributed by atoms with Crippen LogP contribution < -0.4 is 5.32 Å². The highest BCUT2D eigenvalue weighted by molar-refractivity contribution is 5.84. The summed E-state index contributed by atoms with van der Waals surface area (Å²) in [7, 11) is 0. The number of benzene rings is 1. The van der Waals surface area contributed by atoms with Gasteiger partial charge in [-0.1, -0.05) is 44.2 Å². The summed E-state index contributed by atoms with van der Waals surface area (Å²) < 4.78 is 24.6. The van der Waals surface area contributed by atoms with Crippen LogP contribution in [0, 0.1) is 0 Å². The first-order valence-corrected chi connectivity index (χ1v) is 6.58. The molecule has 0 aliphatic rings. The summed E-state index contributed by atoms with van der Waals surface area (Å²) in [5, 5.41) is 11.0. The third kappa shape index (κ3) is 5.49. The van der Waals surface area contributed by atoms with Crippen LogP contribution in [-0.2, 0) is 15.0 Å². The van der Waals surface area contributed by atoms with Crippen molar-refractivity contribution >= 4 is 11.9 Å². The van der Waals surface area contributed by atoms with E-state index in [2.05, 4.69) is 5.32 Å². The van der Waals surface area contributed by atoms with Crippen molar-refractivity contribution in [1.82, 2.24) is 5.32 Å². The molecule has 0 heterocycles. The third-order valence-electron chi connectivity index (χ3n) is 3.20. The molecule has 1 aromatic rings. The van der Waals surface area contributed by atoms with Gasteiger partial charge in [0.15, 0.2) is 0 Å². The Morgan fingerprint density at radius 1 is 1.24 bits per heavy atom. The molecule has 0 bridgehead atoms. The van der Waals surface area contributed by atoms with Crippen molar-refractivity contribution in [2.45, 2.75) is 44.6 Å². The van der Waals surface area contributed by atoms with Crippen molar-refractivity contribution in [1.29, 1.82) is 0 Å². The van der Waals surface area contributed by atoms with Gasteiger partial charge >= 0.3 is 5.97 Å². The zero-order valence-electron chi connectivity index (χ0n) is 12.0. The predicted octanol–water partition coefficient (Wildman–Crippen LogP) is 2.58. The van der Waals surface area contributed by atoms with Gasteiger partial charge in [-0.25, -0.2) is 13.6 Å². The van der Waals surface area contributed by atoms with Crippen LogP contribution >= 0.6 is 0 Å². The van der Waals surface area contributed by atoms with Crippen LogP contribution in [0.2, 0.25) is 0 Å². The lowest BCUT2D eigenvalue weighted by atomic mass is 9.81. The van der Waals surface area contributed by atoms with Crippen LogP contribution in [0.4, 0.5) is 8.78 Å². The minimum Gasteiger partial charge on any atom is -0.480 e. The van der Waals surface area contributed by atoms with E-state index in [1.165, 1.54) is 0 Å². The van der Waals surface area contributed by atoms with E-state index >= 15 is 0 Å². The Kier molecular flexibility index (Phi) is 5.81. The molecule has 1 rings (SSSR count). The molecule has 1 unspecified atom stereocenters. The zero-order valence-corrected chi connectivity index (χ0v) is 12.0. The number of amides is 1. The lowest BCUT2D eigenvalue weighted by molar-refractivity contribution is -0.143. The van der Waals surface area contributed by atoms with Crippen molar-refractivity contribution in [2.75, 3.05) is 0 Å². The molecule has 116 valence electrons. The van der Waals surface area contributed by atoms with Gasteiger partial charge in [-0.3, -0.25) is 4.79 Å². The van der Waals surface area contributed by atoms with Crippen molar-refractivity contribution in [2.24, 2.45) is 0 Å². The molecule has 0 aliphatic carbocycles. The maximum atomic E-state index is 12.3. The fourth-order valence-electron chi connectivity index (χ4n) is 2.04. The molecule has 1 atom stereocenters. The molecule has 0 radical (unpaired) electrons. The Morgan fingerprint density at radius 3 is 2.29 bits per heavy atom. The van der Waals surface area contributed by atoms with Crippen LogP contribution in [0.3, 0.4) is 0 Å². The van der Waals surface area contributed by atoms with Gasteiger partial charge in [0.2, 0.25) is 12.3 Å². The molecular weight excluding hydrogens is 280 g/mol. The second-order valence-corrected chi connectivity index (χ2v) is 5.51. The molecule has 6 heteroatoms. The molecule has 0 aliphatic heterocycles. The van der Waals surface area contributed by atoms with Crippen LogP contribution in [0.15, 0.2) is 30.3 Å². The highest BCUT2D eigenvalue weighted by Gasteiger charge is 2.28. The van der Waals surface area contributed by atoms with Crippen molar-refractivity contribution < 1.29 is 23.5 Å². The molecule has 21 heavy (non-hydrogen) atoms. The summed E-state index contributed by atoms with van der Waals surface area (Å²) in [6, 6.07) is 7.69. The van der Waals surface area contributed by atoms with Crippen LogP contribution in [0.5, 0.6) is 0 Å². The maximum absolute atomic E-state index is 12.3. The van der Waals surface area contributed by atoms with E-state index in [-0.39, 0.29) is 6.42 Å². The van der Waals surface area contributed by atoms with Gasteiger partial charge in [-0.2, -0.15) is 0 Å². The van der Waals surface area contributed by atoms with Gasteiger partial charge in [0, 0.05) is 12.8 Å². The van der Waals surface area contributed by atoms with E-state index in [1.54, 1.807) is 0 Å². The number of halogens is 2. The topological polar surface area (TPSA) is 66.4 Å². The lowest BCUT2D eigenvalue weighted by Gasteiger charge is -2.25. The second kappa shape index (κ2) is 7.15. The van der Waals surface area contributed by atoms with Gasteiger partial charge in [0.25, 0.3) is 0 Å². The average molecular weight is 299 g/mol. The normalized spacial score (nSPS) is 13.0. The largest absolute Gasteiger partial charge is 0.480 e. The first kappa shape index (κ1) is 17.1. The van der Waals surface area contributed by atoms with Crippen molar-refractivity contribution in [3.8, 4) is 0 Å². The SMILES string of the molecule is CC(C)(CC(=O)NC(CC(F)F)C(=O)O)c1ccccc1. The molecule has 0 saturated carbocycles. The fraction of sp³-hybridized carbons (Fsp3) is 0.467. The summed E-state index contributed by atoms with van der Waals surface area (Å²) in [5.41, 5.74) is 0.403. The number of carbonyl (C=O) groups excluding carboxylic acids is 1. The molecule has 0 saturated heterocycles. The minimum atomic E-state index is -2.78. The Balaban J connectivity index is 2.69. The monoisotopic (exact) mass is 299 g/mol. The fourth-order valence-corrected chi connectivity index (χ4v) is 2.04. The van der Waals surface area contributed by atoms with Crippen LogP contribution in [-0.4, -0.2) is 29.5 Å². The summed E-state index contributed by atoms with van der Waals surface area (Å²) in [5.74, 6) is -2.02. The van der Waals surface area contributed by atoms with Crippen molar-refractivity contribution in [3.05, 3.63) is 35.9 Å². The maximum Gasteiger partial charge on any atom is 0.326 e. The molecule has 0 spiro atoms. The van der Waals surface area contributed by atoms with E-state index in [0.29, 0.717) is 0 Å². The molecule has 2 N–H and O–H groups in total. The number of aliphatic carboxylic acids is 1. The van der Waals surface area contributed by atoms with Gasteiger partial charge in [0.1, 0.15) is 6.04 Å². The first-order chi connectivity index (χ1) is 9.72. The number of rotatable bonds is 7. The summed E-state index contributed by atoms with van der Waals surface area (Å²) in [6.07, 6.45) is -3.66. The van der Waals surface area contributed by atoms with Crippen LogP contribution in [0.1, 0.15) is 32.3 Å². The standard InChI is InChI=1S/C15H19F2NO3/c1-15(2,10-6-4-3-5-7-10)9-13(19)18-11(14(20)21)8-12(16)17/h3-7,11-12H,8-9H2,1-2H3,(H,18,19)(H,20,21). The Bertz CT molecular complexity index is 489. The summed E-state index contributed by atoms with van der Waals surface area (Å²) in [6.45, 7) is 3.68. The molecule has 1 aromatic carbocycles. The van der Waals surface area contributed by atoms with Gasteiger partial charge in [-0.15, -0.1) is 0 Å². The summed E-state index contributed by atoms with van der Waals surface area (Å²) in [4.78, 5) is 22.8. The molecule has 4 nitrogen and oxygen atoms in total. The second-order valence-electron chi connectivity index (χ2n) is 5.51. The molecule has 0 aromatic heterocycles. The quantitative estimate of drug-likeness (QED) is 0.813. The Labute approximate surface area is 122 Å². The lowest BCUT2D eigenvalue weighted by Crippen LogP contribution is -2.43. The van der Waals surface area contributed by atoms with Gasteiger partial charge in [0.05, 0.1) is 0 Å². The third-order valence-corrected chi connectivity index (χ3v) is 3.20. The number of carbonyl (C=O) groups is 2. The van der Waals surface area contributed by atoms with Gasteiger partial charge in [-0.05, 0) is 11.0 Å². The Morgan fingerprint density at radius 2 is 1.81 bits per heavy atom. The predicted molar refractivity (Wildman–Crippen MR) is 74.3 cm³/mol. The number of nitrogens with one attached hydrogen (secondary N) is 1. The number of hydrogen-bond donors (Lipinski definition) is 2. The first-order valence-electron chi connectivity index (χ1n) is 6.58. The highest BCUT2D eigenvalue weighted by Crippen LogP contribution is 2.26. The number of alkyl halides is 2. The van der Waals surface area contributed by atoms with E-state index < -0.39 is 36.2 Å². The van der Waals surface area contributed by atoms with Crippen molar-refractivity contribution in [3.63, 3.8) is 0 Å². The zero-order chi connectivity index (χ0) is 16.0. The highest BCUT2D eigenvalue weighted by atomic mass is 19.3. The van der Waals surface area contributed by atoms with E-state index in [0.717, 1.165) is 5.56 Å². The smallest absolute Gasteiger partial charge is 0.326 e. The average Bonchev–Trinajstić information content (AvgIpc) is 2.37. The van der Waals surface area contributed by atoms with E-state index in [1.807, 2.05) is 44.2 Å². The Hall–Kier alpha value is -1.98. The van der Waals surface area contributed by atoms with Crippen LogP contribution in [0.25, 0.3) is 0 Å². The minimum absolute atomic E-state index is 0.0179. The van der Waals surface area contributed by atoms with E-state index in [4.69, 9.17) is 5.11 Å². The molecular formula is C15H19F2NO3. The van der Waals surface area contributed by atoms with Gasteiger partial charge < -0.3 is 10.4 Å². The molecule has 0 fully saturated rings. The number of carboxylic acid groups (broad SMARTS) is 1. The van der Waals surface area contributed by atoms with E-state index in [9.17, 15) is 18.4 Å². The number of carboxylic acids is 1. The molecule has 1 amide bonds. The number of hydrogen-bond acceptors (Lipinski definition) is 2.